The fourth-order valence-corrected chi connectivity index (χ4v) is 1.74. The third-order valence-corrected chi connectivity index (χ3v) is 2.71. The zero-order chi connectivity index (χ0) is 15.1. The molecule has 112 valence electrons. The van der Waals surface area contributed by atoms with E-state index < -0.39 is 0 Å². The second-order valence-electron chi connectivity index (χ2n) is 4.73. The Hall–Kier alpha value is -2.18. The summed E-state index contributed by atoms with van der Waals surface area (Å²) in [5.41, 5.74) is 6.83. The first kappa shape index (κ1) is 15.9. The van der Waals surface area contributed by atoms with Crippen molar-refractivity contribution in [2.24, 2.45) is 0 Å². The van der Waals surface area contributed by atoms with Gasteiger partial charge in [-0.2, -0.15) is 0 Å². The minimum Gasteiger partial charge on any atom is -0.397 e. The number of hydrogen-bond donors (Lipinski definition) is 3. The third kappa shape index (κ3) is 4.49. The molecule has 7 nitrogen and oxygen atoms in total. The van der Waals surface area contributed by atoms with Crippen LogP contribution in [-0.4, -0.2) is 48.6 Å². The normalized spacial score (nSPS) is 10.2. The molecule has 0 atom stereocenters. The van der Waals surface area contributed by atoms with Crippen molar-refractivity contribution < 1.29 is 9.59 Å². The molecule has 1 aromatic heterocycles. The summed E-state index contributed by atoms with van der Waals surface area (Å²) < 4.78 is 1.84. The second kappa shape index (κ2) is 7.42. The van der Waals surface area contributed by atoms with Crippen LogP contribution in [0, 0.1) is 0 Å². The molecule has 0 fully saturated rings. The van der Waals surface area contributed by atoms with Gasteiger partial charge in [-0.05, 0) is 12.5 Å². The Balaban J connectivity index is 2.45. The molecule has 0 aliphatic heterocycles. The number of hydrogen-bond acceptors (Lipinski definition) is 3. The Morgan fingerprint density at radius 2 is 1.95 bits per heavy atom. The van der Waals surface area contributed by atoms with E-state index in [0.29, 0.717) is 24.5 Å². The molecule has 0 aliphatic rings. The maximum absolute atomic E-state index is 12.0. The van der Waals surface area contributed by atoms with Crippen LogP contribution >= 0.6 is 0 Å². The average molecular weight is 281 g/mol. The van der Waals surface area contributed by atoms with Crippen molar-refractivity contribution in [3.63, 3.8) is 0 Å². The molecule has 0 unspecified atom stereocenters. The number of nitrogens with one attached hydrogen (secondary N) is 2. The summed E-state index contributed by atoms with van der Waals surface area (Å²) in [6.45, 7) is 3.54. The third-order valence-electron chi connectivity index (χ3n) is 2.71. The van der Waals surface area contributed by atoms with Gasteiger partial charge >= 0.3 is 6.03 Å². The molecule has 0 radical (unpaired) electrons. The Kier molecular flexibility index (Phi) is 5.89. The highest BCUT2D eigenvalue weighted by molar-refractivity contribution is 5.93. The number of urea groups is 1. The van der Waals surface area contributed by atoms with Crippen LogP contribution in [0.3, 0.4) is 0 Å². The van der Waals surface area contributed by atoms with E-state index in [1.807, 2.05) is 11.5 Å². The van der Waals surface area contributed by atoms with Gasteiger partial charge in [0.15, 0.2) is 0 Å². The summed E-state index contributed by atoms with van der Waals surface area (Å²) in [4.78, 5) is 24.7. The van der Waals surface area contributed by atoms with Gasteiger partial charge in [-0.15, -0.1) is 0 Å². The monoisotopic (exact) mass is 281 g/mol. The van der Waals surface area contributed by atoms with Gasteiger partial charge in [0.25, 0.3) is 5.91 Å². The minimum absolute atomic E-state index is 0.183. The Morgan fingerprint density at radius 3 is 2.55 bits per heavy atom. The lowest BCUT2D eigenvalue weighted by Crippen LogP contribution is -2.39. The second-order valence-corrected chi connectivity index (χ2v) is 4.73. The van der Waals surface area contributed by atoms with Crippen LogP contribution in [0.2, 0.25) is 0 Å². The maximum atomic E-state index is 12.0. The number of nitrogens with two attached hydrogens (primary N) is 1. The molecule has 1 heterocycles. The van der Waals surface area contributed by atoms with Crippen LogP contribution in [0.25, 0.3) is 0 Å². The first-order valence-electron chi connectivity index (χ1n) is 6.64. The number of carbonyl (C=O) groups excluding carboxylic acids is 2. The first-order valence-corrected chi connectivity index (χ1v) is 6.64. The van der Waals surface area contributed by atoms with Gasteiger partial charge in [0, 0.05) is 39.9 Å². The van der Waals surface area contributed by atoms with Crippen LogP contribution < -0.4 is 16.4 Å². The SMILES string of the molecule is CCCn1cc(N)cc1C(=O)NCCNC(=O)N(C)C. The maximum Gasteiger partial charge on any atom is 0.316 e. The summed E-state index contributed by atoms with van der Waals surface area (Å²) in [6.07, 6.45) is 2.68. The summed E-state index contributed by atoms with van der Waals surface area (Å²) in [6, 6.07) is 1.47. The summed E-state index contributed by atoms with van der Waals surface area (Å²) in [7, 11) is 3.32. The van der Waals surface area contributed by atoms with Crippen molar-refractivity contribution in [1.29, 1.82) is 0 Å². The molecule has 1 aromatic rings. The van der Waals surface area contributed by atoms with Crippen LogP contribution in [-0.2, 0) is 6.54 Å². The standard InChI is InChI=1S/C13H23N5O2/c1-4-7-18-9-10(14)8-11(18)12(19)15-5-6-16-13(20)17(2)3/h8-9H,4-7,14H2,1-3H3,(H,15,19)(H,16,20). The van der Waals surface area contributed by atoms with Gasteiger partial charge in [0.05, 0.1) is 5.69 Å². The van der Waals surface area contributed by atoms with E-state index in [0.717, 1.165) is 13.0 Å². The summed E-state index contributed by atoms with van der Waals surface area (Å²) in [5, 5.41) is 5.43. The van der Waals surface area contributed by atoms with E-state index in [2.05, 4.69) is 10.6 Å². The molecule has 3 amide bonds. The average Bonchev–Trinajstić information content (AvgIpc) is 2.75. The highest BCUT2D eigenvalue weighted by Crippen LogP contribution is 2.11. The smallest absolute Gasteiger partial charge is 0.316 e. The minimum atomic E-state index is -0.186. The molecular weight excluding hydrogens is 258 g/mol. The molecule has 4 N–H and O–H groups in total. The molecule has 7 heteroatoms. The van der Waals surface area contributed by atoms with Gasteiger partial charge in [-0.25, -0.2) is 4.79 Å². The van der Waals surface area contributed by atoms with Crippen molar-refractivity contribution in [3.8, 4) is 0 Å². The first-order chi connectivity index (χ1) is 9.45. The van der Waals surface area contributed by atoms with Gasteiger partial charge in [0.1, 0.15) is 5.69 Å². The Bertz CT molecular complexity index is 467. The van der Waals surface area contributed by atoms with E-state index in [4.69, 9.17) is 5.73 Å². The van der Waals surface area contributed by atoms with E-state index in [1.54, 1.807) is 26.4 Å². The quantitative estimate of drug-likeness (QED) is 0.662. The van der Waals surface area contributed by atoms with E-state index >= 15 is 0 Å². The highest BCUT2D eigenvalue weighted by Gasteiger charge is 2.12. The number of nitrogens with zero attached hydrogens (tertiary/aromatic N) is 2. The predicted molar refractivity (Wildman–Crippen MR) is 78.6 cm³/mol. The lowest BCUT2D eigenvalue weighted by atomic mass is 10.3. The molecule has 20 heavy (non-hydrogen) atoms. The van der Waals surface area contributed by atoms with E-state index in [1.165, 1.54) is 4.90 Å². The van der Waals surface area contributed by atoms with Crippen molar-refractivity contribution in [3.05, 3.63) is 18.0 Å². The molecule has 0 aliphatic carbocycles. The van der Waals surface area contributed by atoms with Crippen molar-refractivity contribution in [2.45, 2.75) is 19.9 Å². The molecule has 0 bridgehead atoms. The molecule has 0 spiro atoms. The fourth-order valence-electron chi connectivity index (χ4n) is 1.74. The van der Waals surface area contributed by atoms with Crippen LogP contribution in [0.15, 0.2) is 12.3 Å². The van der Waals surface area contributed by atoms with Crippen LogP contribution in [0.5, 0.6) is 0 Å². The lowest BCUT2D eigenvalue weighted by Gasteiger charge is -2.12. The number of anilines is 1. The van der Waals surface area contributed by atoms with Gasteiger partial charge in [-0.3, -0.25) is 4.79 Å². The summed E-state index contributed by atoms with van der Waals surface area (Å²) in [5.74, 6) is -0.186. The number of nitrogen functional groups attached to an aromatic ring is 1. The van der Waals surface area contributed by atoms with Crippen molar-refractivity contribution >= 4 is 17.6 Å². The lowest BCUT2D eigenvalue weighted by molar-refractivity contribution is 0.0944. The van der Waals surface area contributed by atoms with Gasteiger partial charge < -0.3 is 25.8 Å². The van der Waals surface area contributed by atoms with Crippen LogP contribution in [0.4, 0.5) is 10.5 Å². The number of amides is 3. The zero-order valence-electron chi connectivity index (χ0n) is 12.3. The number of aryl methyl sites for hydroxylation is 1. The topological polar surface area (TPSA) is 92.4 Å². The molecule has 0 aromatic carbocycles. The van der Waals surface area contributed by atoms with E-state index in [9.17, 15) is 9.59 Å². The molecule has 1 rings (SSSR count). The largest absolute Gasteiger partial charge is 0.397 e. The van der Waals surface area contributed by atoms with Gasteiger partial charge in [0.2, 0.25) is 0 Å². The number of rotatable bonds is 6. The Morgan fingerprint density at radius 1 is 1.30 bits per heavy atom. The molecule has 0 saturated carbocycles. The van der Waals surface area contributed by atoms with Gasteiger partial charge in [-0.1, -0.05) is 6.92 Å². The van der Waals surface area contributed by atoms with Crippen molar-refractivity contribution in [2.75, 3.05) is 32.9 Å². The number of aromatic nitrogens is 1. The molecule has 0 saturated heterocycles. The number of carbonyl (C=O) groups is 2. The summed E-state index contributed by atoms with van der Waals surface area (Å²) >= 11 is 0. The highest BCUT2D eigenvalue weighted by atomic mass is 16.2. The van der Waals surface area contributed by atoms with Crippen LogP contribution in [0.1, 0.15) is 23.8 Å². The molecular formula is C13H23N5O2. The Labute approximate surface area is 119 Å². The predicted octanol–water partition coefficient (Wildman–Crippen LogP) is 0.481. The fraction of sp³-hybridized carbons (Fsp3) is 0.538. The zero-order valence-corrected chi connectivity index (χ0v) is 12.3. The van der Waals surface area contributed by atoms with Crippen molar-refractivity contribution in [1.82, 2.24) is 20.1 Å². The van der Waals surface area contributed by atoms with E-state index in [-0.39, 0.29) is 11.9 Å².